The summed E-state index contributed by atoms with van der Waals surface area (Å²) >= 11 is 2.42. The van der Waals surface area contributed by atoms with E-state index in [1.165, 1.54) is 61.6 Å². The van der Waals surface area contributed by atoms with E-state index in [4.69, 9.17) is 9.47 Å². The number of phenolic OH excluding ortho intramolecular Hbond substituents is 2. The zero-order valence-corrected chi connectivity index (χ0v) is 41.5. The number of carbonyl (C=O) groups excluding carboxylic acids is 4. The number of nitrogens with zero attached hydrogens (tertiary/aromatic N) is 2. The van der Waals surface area contributed by atoms with Gasteiger partial charge in [-0.25, -0.2) is 0 Å². The first-order valence-corrected chi connectivity index (χ1v) is 14.8. The van der Waals surface area contributed by atoms with Gasteiger partial charge in [0.25, 0.3) is 0 Å². The van der Waals surface area contributed by atoms with Gasteiger partial charge in [-0.1, -0.05) is 0 Å². The van der Waals surface area contributed by atoms with E-state index in [0.717, 1.165) is 0 Å². The Hall–Kier alpha value is 2.11. The number of phenols is 2. The van der Waals surface area contributed by atoms with Crippen molar-refractivity contribution in [3.8, 4) is 23.0 Å². The van der Waals surface area contributed by atoms with Crippen molar-refractivity contribution in [3.05, 3.63) is 47.5 Å². The predicted molar refractivity (Wildman–Crippen MR) is 151 cm³/mol. The molecular formula is C28H26K4N2O12S2. The third kappa shape index (κ3) is 15.8. The fourth-order valence-corrected chi connectivity index (χ4v) is 5.98. The first kappa shape index (κ1) is 52.2. The number of aliphatic carboxylic acids is 4. The van der Waals surface area contributed by atoms with Crippen molar-refractivity contribution in [2.24, 2.45) is 9.98 Å². The van der Waals surface area contributed by atoms with E-state index < -0.39 is 41.6 Å². The molecule has 2 aromatic carbocycles. The minimum atomic E-state index is -1.38. The molecule has 0 saturated carbocycles. The normalized spacial score (nSPS) is 18.8. The van der Waals surface area contributed by atoms with Gasteiger partial charge in [0, 0.05) is 40.7 Å². The monoisotopic (exact) mass is 802 g/mol. The molecule has 2 aliphatic heterocycles. The first-order chi connectivity index (χ1) is 20.6. The first-order valence-electron chi connectivity index (χ1n) is 12.8. The molecule has 0 fully saturated rings. The van der Waals surface area contributed by atoms with Crippen molar-refractivity contribution in [1.82, 2.24) is 0 Å². The van der Waals surface area contributed by atoms with Crippen molar-refractivity contribution >= 4 is 57.5 Å². The minimum Gasteiger partial charge on any atom is -0.550 e. The maximum absolute atomic E-state index is 11.1. The molecule has 2 aliphatic rings. The molecule has 14 nitrogen and oxygen atoms in total. The number of benzene rings is 2. The molecule has 2 atom stereocenters. The number of carbonyl (C=O) groups is 4. The van der Waals surface area contributed by atoms with Crippen molar-refractivity contribution in [1.29, 1.82) is 0 Å². The maximum atomic E-state index is 11.1. The molecule has 4 rings (SSSR count). The van der Waals surface area contributed by atoms with Gasteiger partial charge in [0.15, 0.2) is 0 Å². The summed E-state index contributed by atoms with van der Waals surface area (Å²) < 4.78 is 10.2. The van der Waals surface area contributed by atoms with Gasteiger partial charge in [-0.2, -0.15) is 0 Å². The third-order valence-corrected chi connectivity index (χ3v) is 8.69. The van der Waals surface area contributed by atoms with Crippen molar-refractivity contribution in [2.75, 3.05) is 24.7 Å². The van der Waals surface area contributed by atoms with E-state index in [1.807, 2.05) is 0 Å². The molecular weight excluding hydrogens is 777 g/mol. The van der Waals surface area contributed by atoms with E-state index >= 15 is 0 Å². The molecule has 0 aliphatic carbocycles. The zero-order valence-electron chi connectivity index (χ0n) is 27.4. The second-order valence-electron chi connectivity index (χ2n) is 9.88. The number of ether oxygens (including phenoxy) is 2. The van der Waals surface area contributed by atoms with Gasteiger partial charge >= 0.3 is 206 Å². The van der Waals surface area contributed by atoms with Crippen LogP contribution in [-0.4, -0.2) is 80.0 Å². The SMILES string of the molecule is C[C@]1(C(=O)[O-])CSC(c2ccc(OCC(=O)[O-])cc2O)=N1.C[C@]1(C(=O)[O-])CSC(c2ccc(OCCCC(=O)[O-])cc2O)=N1.[K+].[K+].[K+].[K+]. The largest absolute Gasteiger partial charge is 1.00 e. The van der Waals surface area contributed by atoms with E-state index in [0.29, 0.717) is 33.4 Å². The average molecular weight is 803 g/mol. The van der Waals surface area contributed by atoms with Crippen LogP contribution in [0.4, 0.5) is 0 Å². The van der Waals surface area contributed by atoms with E-state index in [9.17, 15) is 49.8 Å². The van der Waals surface area contributed by atoms with Crippen LogP contribution in [0.3, 0.4) is 0 Å². The molecule has 2 N–H and O–H groups in total. The Balaban J connectivity index is 0. The molecule has 236 valence electrons. The second kappa shape index (κ2) is 24.5. The van der Waals surface area contributed by atoms with Gasteiger partial charge < -0.3 is 59.3 Å². The van der Waals surface area contributed by atoms with Gasteiger partial charge in [-0.3, -0.25) is 9.98 Å². The maximum Gasteiger partial charge on any atom is 1.00 e. The summed E-state index contributed by atoms with van der Waals surface area (Å²) in [4.78, 5) is 50.8. The number of hydrogen-bond acceptors (Lipinski definition) is 16. The Morgan fingerprint density at radius 1 is 0.729 bits per heavy atom. The smallest absolute Gasteiger partial charge is 0.550 e. The molecule has 0 amide bonds. The number of hydrogen-bond donors (Lipinski definition) is 2. The number of thioether (sulfide) groups is 2. The van der Waals surface area contributed by atoms with Crippen molar-refractivity contribution < 1.29 is 265 Å². The topological polar surface area (TPSA) is 244 Å². The summed E-state index contributed by atoms with van der Waals surface area (Å²) in [5.41, 5.74) is -1.85. The Kier molecular flexibility index (Phi) is 26.6. The van der Waals surface area contributed by atoms with Gasteiger partial charge in [0.1, 0.15) is 50.8 Å². The van der Waals surface area contributed by atoms with Crippen LogP contribution in [0.2, 0.25) is 0 Å². The number of rotatable bonds is 12. The molecule has 48 heavy (non-hydrogen) atoms. The summed E-state index contributed by atoms with van der Waals surface area (Å²) in [7, 11) is 0. The minimum absolute atomic E-state index is 0. The van der Waals surface area contributed by atoms with E-state index in [1.54, 1.807) is 12.1 Å². The molecule has 0 unspecified atom stereocenters. The Bertz CT molecular complexity index is 1530. The summed E-state index contributed by atoms with van der Waals surface area (Å²) in [6, 6.07) is 8.73. The number of carboxylic acid groups (broad SMARTS) is 4. The third-order valence-electron chi connectivity index (χ3n) is 6.11. The molecule has 0 radical (unpaired) electrons. The van der Waals surface area contributed by atoms with Crippen LogP contribution >= 0.6 is 23.5 Å². The quantitative estimate of drug-likeness (QED) is 0.150. The van der Waals surface area contributed by atoms with Gasteiger partial charge in [0.2, 0.25) is 0 Å². The number of aliphatic imine (C=N–C) groups is 2. The summed E-state index contributed by atoms with van der Waals surface area (Å²) in [5, 5.41) is 63.5. The van der Waals surface area contributed by atoms with Crippen LogP contribution in [-0.2, 0) is 19.2 Å². The Morgan fingerprint density at radius 2 is 1.15 bits per heavy atom. The predicted octanol–water partition coefficient (Wildman–Crippen LogP) is -14.2. The molecule has 0 saturated heterocycles. The molecule has 0 bridgehead atoms. The average Bonchev–Trinajstić information content (AvgIpc) is 3.55. The molecule has 20 heteroatoms. The van der Waals surface area contributed by atoms with E-state index in [2.05, 4.69) is 9.98 Å². The van der Waals surface area contributed by atoms with Gasteiger partial charge in [-0.15, -0.1) is 23.5 Å². The zero-order chi connectivity index (χ0) is 32.7. The summed E-state index contributed by atoms with van der Waals surface area (Å²) in [5.74, 6) is -4.32. The van der Waals surface area contributed by atoms with Crippen molar-refractivity contribution in [2.45, 2.75) is 37.8 Å². The van der Waals surface area contributed by atoms with Crippen LogP contribution < -0.4 is 235 Å². The van der Waals surface area contributed by atoms with Crippen LogP contribution in [0.15, 0.2) is 46.4 Å². The molecule has 2 aromatic rings. The van der Waals surface area contributed by atoms with Gasteiger partial charge in [-0.05, 0) is 51.0 Å². The summed E-state index contributed by atoms with van der Waals surface area (Å²) in [6.07, 6.45) is 0.205. The number of carboxylic acids is 4. The molecule has 0 aromatic heterocycles. The fraction of sp³-hybridized carbons (Fsp3) is 0.357. The Labute approximate surface area is 455 Å². The van der Waals surface area contributed by atoms with Crippen LogP contribution in [0.25, 0.3) is 0 Å². The van der Waals surface area contributed by atoms with Crippen LogP contribution in [0.5, 0.6) is 23.0 Å². The standard InChI is InChI=1S/C15H17NO6S.C13H13NO6S.4K/c1-15(14(20)21)8-23-13(16-15)10-5-4-9(7-11(10)17)22-6-2-3-12(18)19;1-13(12(18)19)6-21-11(14-13)8-3-2-7(4-9(8)15)20-5-10(16)17;;;;/h4-5,7,17H,2-3,6,8H2,1H3,(H,18,19)(H,20,21);2-4,15H,5-6H2,1H3,(H,16,17)(H,18,19);;;;/q;;4*+1/p-4/t15-;13-;;;;/m11..../s1. The summed E-state index contributed by atoms with van der Waals surface area (Å²) in [6.45, 7) is 2.47. The second-order valence-corrected chi connectivity index (χ2v) is 11.8. The fourth-order valence-electron chi connectivity index (χ4n) is 3.59. The van der Waals surface area contributed by atoms with Crippen LogP contribution in [0, 0.1) is 0 Å². The Morgan fingerprint density at radius 3 is 1.48 bits per heavy atom. The molecule has 2 heterocycles. The van der Waals surface area contributed by atoms with E-state index in [-0.39, 0.29) is 247 Å². The number of aromatic hydroxyl groups is 2. The van der Waals surface area contributed by atoms with Crippen LogP contribution in [0.1, 0.15) is 37.8 Å². The van der Waals surface area contributed by atoms with Crippen molar-refractivity contribution in [3.63, 3.8) is 0 Å². The molecule has 0 spiro atoms. The van der Waals surface area contributed by atoms with Gasteiger partial charge in [0.05, 0.1) is 24.5 Å².